The van der Waals surface area contributed by atoms with Crippen molar-refractivity contribution in [2.75, 3.05) is 5.32 Å². The largest absolute Gasteiger partial charge is 0.356 e. The summed E-state index contributed by atoms with van der Waals surface area (Å²) >= 11 is 0. The van der Waals surface area contributed by atoms with E-state index in [1.54, 1.807) is 0 Å². The van der Waals surface area contributed by atoms with E-state index >= 15 is 0 Å². The van der Waals surface area contributed by atoms with E-state index in [1.807, 2.05) is 0 Å². The molecule has 1 heterocycles. The first-order chi connectivity index (χ1) is 17.8. The number of nitrogens with zero attached hydrogens (tertiary/aromatic N) is 1. The second-order valence-corrected chi connectivity index (χ2v) is 9.18. The second kappa shape index (κ2) is 8.44. The highest BCUT2D eigenvalue weighted by molar-refractivity contribution is 6.10. The molecule has 0 bridgehead atoms. The van der Waals surface area contributed by atoms with E-state index < -0.39 is 0 Å². The number of benzene rings is 6. The molecule has 2 heteroatoms. The number of anilines is 2. The van der Waals surface area contributed by atoms with Gasteiger partial charge in [-0.2, -0.15) is 0 Å². The lowest BCUT2D eigenvalue weighted by atomic mass is 10.0. The minimum absolute atomic E-state index is 1.08. The predicted molar refractivity (Wildman–Crippen MR) is 153 cm³/mol. The van der Waals surface area contributed by atoms with Crippen LogP contribution in [0.3, 0.4) is 0 Å². The minimum atomic E-state index is 1.08. The van der Waals surface area contributed by atoms with Crippen molar-refractivity contribution in [3.05, 3.63) is 140 Å². The topological polar surface area (TPSA) is 17.0 Å². The first-order valence-electron chi connectivity index (χ1n) is 12.3. The van der Waals surface area contributed by atoms with Crippen LogP contribution in [0.2, 0.25) is 0 Å². The third kappa shape index (κ3) is 3.52. The average Bonchev–Trinajstić information content (AvgIpc) is 3.28. The van der Waals surface area contributed by atoms with Crippen molar-refractivity contribution in [1.82, 2.24) is 4.57 Å². The molecule has 0 radical (unpaired) electrons. The molecule has 0 aliphatic heterocycles. The van der Waals surface area contributed by atoms with Crippen molar-refractivity contribution in [3.8, 4) is 16.8 Å². The third-order valence-electron chi connectivity index (χ3n) is 6.94. The smallest absolute Gasteiger partial charge is 0.0541 e. The van der Waals surface area contributed by atoms with Gasteiger partial charge in [0.1, 0.15) is 0 Å². The Kier molecular flexibility index (Phi) is 4.82. The summed E-state index contributed by atoms with van der Waals surface area (Å²) in [4.78, 5) is 0. The highest BCUT2D eigenvalue weighted by Crippen LogP contribution is 2.35. The van der Waals surface area contributed by atoms with Gasteiger partial charge < -0.3 is 9.88 Å². The third-order valence-corrected chi connectivity index (χ3v) is 6.94. The van der Waals surface area contributed by atoms with Crippen LogP contribution in [0.15, 0.2) is 140 Å². The van der Waals surface area contributed by atoms with Crippen LogP contribution in [0.25, 0.3) is 49.4 Å². The van der Waals surface area contributed by atoms with Crippen molar-refractivity contribution >= 4 is 44.0 Å². The molecule has 0 unspecified atom stereocenters. The minimum Gasteiger partial charge on any atom is -0.356 e. The van der Waals surface area contributed by atoms with Crippen LogP contribution in [-0.2, 0) is 0 Å². The molecule has 36 heavy (non-hydrogen) atoms. The number of para-hydroxylation sites is 2. The fraction of sp³-hybridized carbons (Fsp3) is 0. The first-order valence-corrected chi connectivity index (χ1v) is 12.3. The van der Waals surface area contributed by atoms with Crippen LogP contribution in [0.4, 0.5) is 11.4 Å². The number of nitrogens with one attached hydrogen (secondary N) is 1. The number of hydrogen-bond acceptors (Lipinski definition) is 1. The van der Waals surface area contributed by atoms with Crippen LogP contribution in [0, 0.1) is 0 Å². The molecule has 0 spiro atoms. The van der Waals surface area contributed by atoms with Gasteiger partial charge in [0.05, 0.1) is 11.0 Å². The lowest BCUT2D eigenvalue weighted by Gasteiger charge is -2.10. The predicted octanol–water partition coefficient (Wildman–Crippen LogP) is 9.35. The zero-order valence-corrected chi connectivity index (χ0v) is 19.7. The summed E-state index contributed by atoms with van der Waals surface area (Å²) in [7, 11) is 0. The highest BCUT2D eigenvalue weighted by atomic mass is 15.0. The van der Waals surface area contributed by atoms with Gasteiger partial charge >= 0.3 is 0 Å². The lowest BCUT2D eigenvalue weighted by Crippen LogP contribution is -1.92. The Bertz CT molecular complexity index is 1840. The number of hydrogen-bond donors (Lipinski definition) is 1. The number of aromatic nitrogens is 1. The highest BCUT2D eigenvalue weighted by Gasteiger charge is 2.12. The van der Waals surface area contributed by atoms with E-state index in [9.17, 15) is 0 Å². The van der Waals surface area contributed by atoms with Gasteiger partial charge in [-0.05, 0) is 76.5 Å². The molecule has 6 aromatic carbocycles. The van der Waals surface area contributed by atoms with Gasteiger partial charge in [0.2, 0.25) is 0 Å². The van der Waals surface area contributed by atoms with E-state index in [0.717, 1.165) is 11.4 Å². The number of rotatable bonds is 4. The molecule has 7 aromatic rings. The Morgan fingerprint density at radius 3 is 1.94 bits per heavy atom. The molecule has 1 aromatic heterocycles. The zero-order chi connectivity index (χ0) is 23.9. The van der Waals surface area contributed by atoms with Crippen LogP contribution >= 0.6 is 0 Å². The van der Waals surface area contributed by atoms with Crippen molar-refractivity contribution in [2.24, 2.45) is 0 Å². The van der Waals surface area contributed by atoms with Gasteiger partial charge in [0, 0.05) is 27.8 Å². The molecule has 0 saturated heterocycles. The van der Waals surface area contributed by atoms with E-state index in [1.165, 1.54) is 49.4 Å². The normalized spacial score (nSPS) is 11.3. The molecule has 170 valence electrons. The molecule has 0 aliphatic carbocycles. The van der Waals surface area contributed by atoms with E-state index in [-0.39, 0.29) is 0 Å². The SMILES string of the molecule is c1ccc(-n2c3ccccc3c3cc(-c4ccc(Nc5ccc6ccccc6c5)cc4)ccc32)cc1. The van der Waals surface area contributed by atoms with Gasteiger partial charge in [-0.25, -0.2) is 0 Å². The van der Waals surface area contributed by atoms with E-state index in [0.29, 0.717) is 0 Å². The molecule has 2 nitrogen and oxygen atoms in total. The van der Waals surface area contributed by atoms with Gasteiger partial charge in [-0.1, -0.05) is 84.9 Å². The Morgan fingerprint density at radius 1 is 0.417 bits per heavy atom. The van der Waals surface area contributed by atoms with Gasteiger partial charge in [-0.3, -0.25) is 0 Å². The molecule has 0 atom stereocenters. The van der Waals surface area contributed by atoms with Crippen LogP contribution in [0.1, 0.15) is 0 Å². The van der Waals surface area contributed by atoms with Crippen LogP contribution in [-0.4, -0.2) is 4.57 Å². The Labute approximate surface area is 210 Å². The molecule has 0 aliphatic rings. The summed E-state index contributed by atoms with van der Waals surface area (Å²) in [6.07, 6.45) is 0. The Balaban J connectivity index is 1.25. The zero-order valence-electron chi connectivity index (χ0n) is 19.7. The summed E-state index contributed by atoms with van der Waals surface area (Å²) in [6, 6.07) is 49.7. The summed E-state index contributed by atoms with van der Waals surface area (Å²) in [5.41, 5.74) is 8.23. The maximum Gasteiger partial charge on any atom is 0.0541 e. The van der Waals surface area contributed by atoms with Crippen LogP contribution in [0.5, 0.6) is 0 Å². The van der Waals surface area contributed by atoms with Crippen molar-refractivity contribution in [3.63, 3.8) is 0 Å². The first kappa shape index (κ1) is 20.5. The molecule has 0 fully saturated rings. The van der Waals surface area contributed by atoms with Crippen molar-refractivity contribution in [1.29, 1.82) is 0 Å². The summed E-state index contributed by atoms with van der Waals surface area (Å²) < 4.78 is 2.35. The quantitative estimate of drug-likeness (QED) is 0.277. The Morgan fingerprint density at radius 2 is 1.08 bits per heavy atom. The molecule has 1 N–H and O–H groups in total. The van der Waals surface area contributed by atoms with Gasteiger partial charge in [0.15, 0.2) is 0 Å². The Hall–Kier alpha value is -4.82. The summed E-state index contributed by atoms with van der Waals surface area (Å²) in [6.45, 7) is 0. The maximum atomic E-state index is 3.55. The summed E-state index contributed by atoms with van der Waals surface area (Å²) in [5.74, 6) is 0. The molecule has 0 saturated carbocycles. The molecule has 7 rings (SSSR count). The number of fused-ring (bicyclic) bond motifs is 4. The van der Waals surface area contributed by atoms with E-state index in [2.05, 4.69) is 149 Å². The maximum absolute atomic E-state index is 3.55. The molecule has 0 amide bonds. The molecular formula is C34H24N2. The van der Waals surface area contributed by atoms with Gasteiger partial charge in [0.25, 0.3) is 0 Å². The standard InChI is InChI=1S/C34H24N2/c1-2-10-30(11-3-1)36-33-13-7-6-12-31(33)32-23-27(17-21-34(32)36)25-14-18-28(19-15-25)35-29-20-16-24-8-4-5-9-26(24)22-29/h1-23,35H. The lowest BCUT2D eigenvalue weighted by molar-refractivity contribution is 1.18. The van der Waals surface area contributed by atoms with Crippen molar-refractivity contribution in [2.45, 2.75) is 0 Å². The van der Waals surface area contributed by atoms with E-state index in [4.69, 9.17) is 0 Å². The fourth-order valence-corrected chi connectivity index (χ4v) is 5.19. The fourth-order valence-electron chi connectivity index (χ4n) is 5.19. The monoisotopic (exact) mass is 460 g/mol. The average molecular weight is 461 g/mol. The van der Waals surface area contributed by atoms with Crippen molar-refractivity contribution < 1.29 is 0 Å². The van der Waals surface area contributed by atoms with Crippen LogP contribution < -0.4 is 5.32 Å². The van der Waals surface area contributed by atoms with Gasteiger partial charge in [-0.15, -0.1) is 0 Å². The second-order valence-electron chi connectivity index (χ2n) is 9.18. The molecular weight excluding hydrogens is 436 g/mol. The summed E-state index contributed by atoms with van der Waals surface area (Å²) in [5, 5.41) is 8.58.